The van der Waals surface area contributed by atoms with E-state index >= 15 is 0 Å². The van der Waals surface area contributed by atoms with Crippen molar-refractivity contribution in [3.05, 3.63) is 70.2 Å². The van der Waals surface area contributed by atoms with Crippen molar-refractivity contribution in [3.63, 3.8) is 0 Å². The summed E-state index contributed by atoms with van der Waals surface area (Å²) in [6, 6.07) is 3.31. The van der Waals surface area contributed by atoms with Gasteiger partial charge in [-0.05, 0) is 18.9 Å². The minimum atomic E-state index is -0.804. The molecule has 5 rings (SSSR count). The number of rotatable bonds is 4. The molecule has 0 unspecified atom stereocenters. The van der Waals surface area contributed by atoms with Crippen molar-refractivity contribution >= 4 is 11.8 Å². The van der Waals surface area contributed by atoms with Crippen LogP contribution in [0.3, 0.4) is 0 Å². The van der Waals surface area contributed by atoms with E-state index in [2.05, 4.69) is 17.3 Å². The first-order chi connectivity index (χ1) is 15.4. The number of aromatic nitrogens is 1. The number of hydrogen-bond acceptors (Lipinski definition) is 5. The van der Waals surface area contributed by atoms with E-state index < -0.39 is 23.0 Å². The third-order valence-corrected chi connectivity index (χ3v) is 6.48. The van der Waals surface area contributed by atoms with E-state index in [0.717, 1.165) is 25.5 Å². The van der Waals surface area contributed by atoms with Crippen LogP contribution in [0, 0.1) is 18.7 Å². The highest BCUT2D eigenvalue weighted by Crippen LogP contribution is 2.35. The molecule has 0 saturated carbocycles. The second kappa shape index (κ2) is 7.70. The van der Waals surface area contributed by atoms with Crippen LogP contribution in [0.15, 0.2) is 29.2 Å². The Labute approximate surface area is 182 Å². The molecule has 2 aromatic rings. The molecule has 1 radical (unpaired) electrons. The third kappa shape index (κ3) is 3.17. The van der Waals surface area contributed by atoms with Crippen LogP contribution >= 0.6 is 0 Å². The molecule has 1 aromatic heterocycles. The number of halogens is 2. The largest absolute Gasteiger partial charge is 0.484 e. The van der Waals surface area contributed by atoms with Gasteiger partial charge < -0.3 is 19.5 Å². The SMILES string of the molecule is [CH2]Oc1c2n(cc(C(=O)NCc3ccc(F)cc3F)c1=O)C[C@@H]1N(C[C@H]3CCCN31)C2=O. The minimum Gasteiger partial charge on any atom is -0.484 e. The summed E-state index contributed by atoms with van der Waals surface area (Å²) in [5.41, 5.74) is -0.867. The number of pyridine rings is 1. The van der Waals surface area contributed by atoms with Crippen LogP contribution in [0.1, 0.15) is 39.3 Å². The average molecular weight is 443 g/mol. The fourth-order valence-corrected chi connectivity index (χ4v) is 4.94. The molecule has 0 spiro atoms. The monoisotopic (exact) mass is 443 g/mol. The smallest absolute Gasteiger partial charge is 0.275 e. The Morgan fingerprint density at radius 1 is 1.25 bits per heavy atom. The maximum Gasteiger partial charge on any atom is 0.275 e. The fraction of sp³-hybridized carbons (Fsp3) is 0.364. The van der Waals surface area contributed by atoms with E-state index in [0.29, 0.717) is 25.2 Å². The predicted octanol–water partition coefficient (Wildman–Crippen LogP) is 1.49. The molecule has 1 N–H and O–H groups in total. The molecule has 4 heterocycles. The van der Waals surface area contributed by atoms with Crippen molar-refractivity contribution in [1.82, 2.24) is 19.7 Å². The lowest BCUT2D eigenvalue weighted by Crippen LogP contribution is -2.50. The van der Waals surface area contributed by atoms with Gasteiger partial charge in [0, 0.05) is 43.5 Å². The molecule has 8 nitrogen and oxygen atoms in total. The van der Waals surface area contributed by atoms with Crippen LogP contribution in [0.25, 0.3) is 0 Å². The zero-order chi connectivity index (χ0) is 22.6. The van der Waals surface area contributed by atoms with E-state index in [1.807, 2.05) is 0 Å². The quantitative estimate of drug-likeness (QED) is 0.774. The molecule has 2 saturated heterocycles. The molecule has 0 bridgehead atoms. The topological polar surface area (TPSA) is 83.9 Å². The molecule has 2 atom stereocenters. The summed E-state index contributed by atoms with van der Waals surface area (Å²) in [4.78, 5) is 42.9. The summed E-state index contributed by atoms with van der Waals surface area (Å²) in [6.45, 7) is 1.64. The molecule has 2 amide bonds. The second-order valence-electron chi connectivity index (χ2n) is 8.24. The van der Waals surface area contributed by atoms with Gasteiger partial charge in [-0.3, -0.25) is 19.3 Å². The van der Waals surface area contributed by atoms with Crippen molar-refractivity contribution in [2.24, 2.45) is 0 Å². The van der Waals surface area contributed by atoms with Crippen molar-refractivity contribution in [1.29, 1.82) is 0 Å². The first kappa shape index (κ1) is 20.6. The molecular formula is C22H21F2N4O4. The van der Waals surface area contributed by atoms with E-state index in [1.54, 1.807) is 9.47 Å². The zero-order valence-corrected chi connectivity index (χ0v) is 17.1. The second-order valence-corrected chi connectivity index (χ2v) is 8.24. The van der Waals surface area contributed by atoms with Gasteiger partial charge in [-0.15, -0.1) is 0 Å². The van der Waals surface area contributed by atoms with Crippen molar-refractivity contribution in [3.8, 4) is 5.75 Å². The van der Waals surface area contributed by atoms with Crippen LogP contribution < -0.4 is 15.5 Å². The Morgan fingerprint density at radius 3 is 2.81 bits per heavy atom. The van der Waals surface area contributed by atoms with Gasteiger partial charge in [-0.25, -0.2) is 8.78 Å². The van der Waals surface area contributed by atoms with Gasteiger partial charge in [0.2, 0.25) is 5.43 Å². The standard InChI is InChI=1S/C22H21F2N4O4/c1-32-20-18-22(31)28-9-14-3-2-6-27(14)17(28)11-26(18)10-15(19(20)29)21(30)25-8-12-4-5-13(23)7-16(12)24/h4-5,7,10,14,17H,1-3,6,8-9,11H2,(H,25,30)/t14-,17+/m1/s1. The molecule has 0 aliphatic carbocycles. The van der Waals surface area contributed by atoms with Gasteiger partial charge in [0.15, 0.2) is 11.4 Å². The van der Waals surface area contributed by atoms with Crippen LogP contribution in [0.4, 0.5) is 8.78 Å². The maximum absolute atomic E-state index is 13.9. The van der Waals surface area contributed by atoms with Crippen LogP contribution in [-0.4, -0.2) is 51.5 Å². The van der Waals surface area contributed by atoms with Crippen molar-refractivity contribution in [2.45, 2.75) is 38.1 Å². The minimum absolute atomic E-state index is 0.0725. The number of fused-ring (bicyclic) bond motifs is 4. The van der Waals surface area contributed by atoms with Gasteiger partial charge in [-0.2, -0.15) is 0 Å². The molecule has 10 heteroatoms. The molecule has 167 valence electrons. The van der Waals surface area contributed by atoms with Crippen LogP contribution in [-0.2, 0) is 13.1 Å². The van der Waals surface area contributed by atoms with Gasteiger partial charge in [0.1, 0.15) is 30.5 Å². The molecule has 2 fully saturated rings. The van der Waals surface area contributed by atoms with Crippen molar-refractivity contribution < 1.29 is 23.1 Å². The molecule has 3 aliphatic heterocycles. The van der Waals surface area contributed by atoms with Gasteiger partial charge in [0.05, 0.1) is 6.54 Å². The van der Waals surface area contributed by atoms with Gasteiger partial charge in [-0.1, -0.05) is 6.07 Å². The van der Waals surface area contributed by atoms with E-state index in [1.165, 1.54) is 12.3 Å². The first-order valence-electron chi connectivity index (χ1n) is 10.4. The summed E-state index contributed by atoms with van der Waals surface area (Å²) in [7, 11) is 3.30. The van der Waals surface area contributed by atoms with Gasteiger partial charge >= 0.3 is 0 Å². The number of hydrogen-bond donors (Lipinski definition) is 1. The van der Waals surface area contributed by atoms with E-state index in [-0.39, 0.29) is 41.2 Å². The Balaban J connectivity index is 1.46. The lowest BCUT2D eigenvalue weighted by molar-refractivity contribution is 0.0514. The first-order valence-corrected chi connectivity index (χ1v) is 10.4. The molecule has 1 aromatic carbocycles. The number of carbonyl (C=O) groups is 2. The normalized spacial score (nSPS) is 21.8. The molecule has 3 aliphatic rings. The number of ether oxygens (including phenoxy) is 1. The Bertz CT molecular complexity index is 1180. The number of carbonyl (C=O) groups excluding carboxylic acids is 2. The highest BCUT2D eigenvalue weighted by atomic mass is 19.1. The summed E-state index contributed by atoms with van der Waals surface area (Å²) >= 11 is 0. The molecular weight excluding hydrogens is 422 g/mol. The van der Waals surface area contributed by atoms with Crippen LogP contribution in [0.5, 0.6) is 5.75 Å². The summed E-state index contributed by atoms with van der Waals surface area (Å²) in [5.74, 6) is -2.91. The Kier molecular flexibility index (Phi) is 4.96. The highest BCUT2D eigenvalue weighted by Gasteiger charge is 2.48. The third-order valence-electron chi connectivity index (χ3n) is 6.48. The van der Waals surface area contributed by atoms with E-state index in [9.17, 15) is 23.2 Å². The summed E-state index contributed by atoms with van der Waals surface area (Å²) in [6.07, 6.45) is 3.28. The predicted molar refractivity (Wildman–Crippen MR) is 109 cm³/mol. The van der Waals surface area contributed by atoms with Gasteiger partial charge in [0.25, 0.3) is 11.8 Å². The van der Waals surface area contributed by atoms with Crippen LogP contribution in [0.2, 0.25) is 0 Å². The number of benzene rings is 1. The number of nitrogens with one attached hydrogen (secondary N) is 1. The van der Waals surface area contributed by atoms with Crippen molar-refractivity contribution in [2.75, 3.05) is 13.1 Å². The Hall–Kier alpha value is -3.27. The lowest BCUT2D eigenvalue weighted by atomic mass is 10.1. The summed E-state index contributed by atoms with van der Waals surface area (Å²) in [5, 5.41) is 2.47. The lowest BCUT2D eigenvalue weighted by Gasteiger charge is -2.36. The molecule has 32 heavy (non-hydrogen) atoms. The maximum atomic E-state index is 13.9. The Morgan fingerprint density at radius 2 is 2.06 bits per heavy atom. The highest BCUT2D eigenvalue weighted by molar-refractivity contribution is 5.99. The zero-order valence-electron chi connectivity index (χ0n) is 17.1. The fourth-order valence-electron chi connectivity index (χ4n) is 4.94. The number of nitrogens with zero attached hydrogens (tertiary/aromatic N) is 3. The average Bonchev–Trinajstić information content (AvgIpc) is 3.35. The number of amides is 2. The summed E-state index contributed by atoms with van der Waals surface area (Å²) < 4.78 is 33.5. The van der Waals surface area contributed by atoms with E-state index in [4.69, 9.17) is 4.74 Å².